The van der Waals surface area contributed by atoms with E-state index >= 15 is 0 Å². The molecule has 1 atom stereocenters. The summed E-state index contributed by atoms with van der Waals surface area (Å²) < 4.78 is 41.5. The first kappa shape index (κ1) is 15.0. The number of aromatic nitrogens is 2. The number of rotatable bonds is 5. The molecule has 0 aliphatic carbocycles. The van der Waals surface area contributed by atoms with Gasteiger partial charge in [0, 0.05) is 25.0 Å². The van der Waals surface area contributed by atoms with E-state index in [-0.39, 0.29) is 16.0 Å². The third-order valence-corrected chi connectivity index (χ3v) is 4.48. The highest BCUT2D eigenvalue weighted by Crippen LogP contribution is 2.19. The minimum atomic E-state index is -3.74. The number of sulfonamides is 1. The molecular weight excluding hydrogens is 305 g/mol. The van der Waals surface area contributed by atoms with Crippen LogP contribution in [0.3, 0.4) is 0 Å². The third-order valence-electron chi connectivity index (χ3n) is 2.60. The predicted molar refractivity (Wildman–Crippen MR) is 73.4 cm³/mol. The van der Waals surface area contributed by atoms with Crippen molar-refractivity contribution in [2.45, 2.75) is 24.4 Å². The molecule has 1 N–H and O–H groups in total. The lowest BCUT2D eigenvalue weighted by atomic mass is 10.3. The molecule has 1 aromatic heterocycles. The number of hydrogen-bond donors (Lipinski definition) is 1. The van der Waals surface area contributed by atoms with E-state index in [1.54, 1.807) is 30.2 Å². The molecule has 0 fully saturated rings. The van der Waals surface area contributed by atoms with Gasteiger partial charge in [0.15, 0.2) is 0 Å². The largest absolute Gasteiger partial charge is 0.336 e. The molecule has 0 unspecified atom stereocenters. The maximum atomic E-state index is 13.0. The van der Waals surface area contributed by atoms with Crippen LogP contribution < -0.4 is 4.72 Å². The van der Waals surface area contributed by atoms with Crippen molar-refractivity contribution < 1.29 is 12.8 Å². The van der Waals surface area contributed by atoms with Crippen LogP contribution in [0.15, 0.2) is 41.8 Å². The summed E-state index contributed by atoms with van der Waals surface area (Å²) in [4.78, 5) is 3.81. The molecule has 8 heteroatoms. The second-order valence-electron chi connectivity index (χ2n) is 4.36. The second kappa shape index (κ2) is 5.90. The maximum absolute atomic E-state index is 13.0. The van der Waals surface area contributed by atoms with E-state index in [2.05, 4.69) is 9.71 Å². The number of imidazole rings is 1. The highest BCUT2D eigenvalue weighted by molar-refractivity contribution is 7.89. The monoisotopic (exact) mass is 317 g/mol. The highest BCUT2D eigenvalue weighted by Gasteiger charge is 2.18. The van der Waals surface area contributed by atoms with Gasteiger partial charge < -0.3 is 4.57 Å². The zero-order chi connectivity index (χ0) is 14.8. The van der Waals surface area contributed by atoms with Crippen molar-refractivity contribution in [1.82, 2.24) is 14.3 Å². The fraction of sp³-hybridized carbons (Fsp3) is 0.250. The van der Waals surface area contributed by atoms with Gasteiger partial charge >= 0.3 is 0 Å². The van der Waals surface area contributed by atoms with Crippen LogP contribution in [0.1, 0.15) is 6.92 Å². The maximum Gasteiger partial charge on any atom is 0.240 e. The summed E-state index contributed by atoms with van der Waals surface area (Å²) in [5.74, 6) is -0.655. The van der Waals surface area contributed by atoms with Gasteiger partial charge in [0.05, 0.1) is 16.2 Å². The van der Waals surface area contributed by atoms with Crippen molar-refractivity contribution in [1.29, 1.82) is 0 Å². The van der Waals surface area contributed by atoms with Crippen LogP contribution in [0.5, 0.6) is 0 Å². The van der Waals surface area contributed by atoms with Crippen molar-refractivity contribution in [3.05, 3.63) is 47.8 Å². The first-order valence-corrected chi connectivity index (χ1v) is 7.68. The van der Waals surface area contributed by atoms with Crippen molar-refractivity contribution in [2.24, 2.45) is 0 Å². The summed E-state index contributed by atoms with van der Waals surface area (Å²) in [5, 5.41) is -0.227. The fourth-order valence-corrected chi connectivity index (χ4v) is 3.23. The fourth-order valence-electron chi connectivity index (χ4n) is 1.73. The Morgan fingerprint density at radius 3 is 2.85 bits per heavy atom. The van der Waals surface area contributed by atoms with Gasteiger partial charge in [0.2, 0.25) is 10.0 Å². The average Bonchev–Trinajstić information content (AvgIpc) is 2.84. The first-order valence-electron chi connectivity index (χ1n) is 5.81. The summed E-state index contributed by atoms with van der Waals surface area (Å²) in [7, 11) is -3.74. The van der Waals surface area contributed by atoms with Gasteiger partial charge in [0.1, 0.15) is 5.82 Å². The zero-order valence-corrected chi connectivity index (χ0v) is 12.2. The SMILES string of the molecule is C[C@H](Cn1ccnc1)NS(=O)(=O)c1ccc(F)c(Cl)c1. The summed E-state index contributed by atoms with van der Waals surface area (Å²) in [6.07, 6.45) is 4.94. The molecule has 0 amide bonds. The molecular formula is C12H13ClFN3O2S. The molecule has 0 saturated heterocycles. The van der Waals surface area contributed by atoms with Crippen LogP contribution in [-0.4, -0.2) is 24.0 Å². The Balaban J connectivity index is 2.12. The van der Waals surface area contributed by atoms with E-state index < -0.39 is 15.8 Å². The van der Waals surface area contributed by atoms with E-state index in [4.69, 9.17) is 11.6 Å². The molecule has 1 heterocycles. The quantitative estimate of drug-likeness (QED) is 0.918. The van der Waals surface area contributed by atoms with E-state index in [0.717, 1.165) is 12.1 Å². The summed E-state index contributed by atoms with van der Waals surface area (Å²) in [5.41, 5.74) is 0. The Kier molecular flexibility index (Phi) is 4.42. The van der Waals surface area contributed by atoms with E-state index in [1.807, 2.05) is 0 Å². The summed E-state index contributed by atoms with van der Waals surface area (Å²) >= 11 is 5.59. The molecule has 20 heavy (non-hydrogen) atoms. The Morgan fingerprint density at radius 1 is 1.50 bits per heavy atom. The Morgan fingerprint density at radius 2 is 2.25 bits per heavy atom. The summed E-state index contributed by atoms with van der Waals surface area (Å²) in [6.45, 7) is 2.16. The summed E-state index contributed by atoms with van der Waals surface area (Å²) in [6, 6.07) is 2.94. The van der Waals surface area contributed by atoms with E-state index in [0.29, 0.717) is 6.54 Å². The topological polar surface area (TPSA) is 64.0 Å². The molecule has 1 aromatic carbocycles. The van der Waals surface area contributed by atoms with Gasteiger partial charge in [0.25, 0.3) is 0 Å². The number of hydrogen-bond acceptors (Lipinski definition) is 3. The minimum absolute atomic E-state index is 0.0682. The van der Waals surface area contributed by atoms with Gasteiger partial charge in [-0.25, -0.2) is 22.5 Å². The molecule has 5 nitrogen and oxygen atoms in total. The molecule has 0 aliphatic heterocycles. The number of nitrogens with zero attached hydrogens (tertiary/aromatic N) is 2. The molecule has 0 spiro atoms. The van der Waals surface area contributed by atoms with Gasteiger partial charge in [-0.1, -0.05) is 11.6 Å². The normalized spacial score (nSPS) is 13.3. The van der Waals surface area contributed by atoms with Gasteiger partial charge in [-0.3, -0.25) is 0 Å². The predicted octanol–water partition coefficient (Wildman–Crippen LogP) is 2.04. The number of halogens is 2. The van der Waals surface area contributed by atoms with Crippen LogP contribution in [0.4, 0.5) is 4.39 Å². The third kappa shape index (κ3) is 3.56. The van der Waals surface area contributed by atoms with Crippen LogP contribution in [0.25, 0.3) is 0 Å². The number of nitrogens with one attached hydrogen (secondary N) is 1. The Bertz CT molecular complexity index is 689. The lowest BCUT2D eigenvalue weighted by molar-refractivity contribution is 0.520. The Hall–Kier alpha value is -1.44. The van der Waals surface area contributed by atoms with Crippen LogP contribution in [0.2, 0.25) is 5.02 Å². The first-order chi connectivity index (χ1) is 9.38. The van der Waals surface area contributed by atoms with Gasteiger partial charge in [-0.2, -0.15) is 0 Å². The van der Waals surface area contributed by atoms with Crippen molar-refractivity contribution in [3.8, 4) is 0 Å². The second-order valence-corrected chi connectivity index (χ2v) is 6.48. The Labute approximate surface area is 121 Å². The minimum Gasteiger partial charge on any atom is -0.336 e. The number of benzene rings is 1. The zero-order valence-electron chi connectivity index (χ0n) is 10.6. The van der Waals surface area contributed by atoms with Gasteiger partial charge in [-0.05, 0) is 25.1 Å². The molecule has 108 valence electrons. The van der Waals surface area contributed by atoms with Crippen LogP contribution in [0, 0.1) is 5.82 Å². The van der Waals surface area contributed by atoms with E-state index in [1.165, 1.54) is 6.07 Å². The molecule has 2 aromatic rings. The molecule has 2 rings (SSSR count). The average molecular weight is 318 g/mol. The molecule has 0 radical (unpaired) electrons. The standard InChI is InChI=1S/C12H13ClFN3O2S/c1-9(7-17-5-4-15-8-17)16-20(18,19)10-2-3-12(14)11(13)6-10/h2-6,8-9,16H,7H2,1H3/t9-/m1/s1. The van der Waals surface area contributed by atoms with Crippen molar-refractivity contribution in [3.63, 3.8) is 0 Å². The molecule has 0 bridgehead atoms. The van der Waals surface area contributed by atoms with E-state index in [9.17, 15) is 12.8 Å². The molecule has 0 saturated carbocycles. The smallest absolute Gasteiger partial charge is 0.240 e. The molecule has 0 aliphatic rings. The van der Waals surface area contributed by atoms with Crippen molar-refractivity contribution >= 4 is 21.6 Å². The van der Waals surface area contributed by atoms with Crippen molar-refractivity contribution in [2.75, 3.05) is 0 Å². The van der Waals surface area contributed by atoms with Crippen LogP contribution in [-0.2, 0) is 16.6 Å². The highest BCUT2D eigenvalue weighted by atomic mass is 35.5. The lowest BCUT2D eigenvalue weighted by Crippen LogP contribution is -2.35. The lowest BCUT2D eigenvalue weighted by Gasteiger charge is -2.15. The van der Waals surface area contributed by atoms with Crippen LogP contribution >= 0.6 is 11.6 Å². The van der Waals surface area contributed by atoms with Gasteiger partial charge in [-0.15, -0.1) is 0 Å².